The lowest BCUT2D eigenvalue weighted by molar-refractivity contribution is 0.414. The lowest BCUT2D eigenvalue weighted by atomic mass is 10.2. The minimum absolute atomic E-state index is 0.278. The average Bonchev–Trinajstić information content (AvgIpc) is 3.04. The first-order valence-electron chi connectivity index (χ1n) is 7.05. The summed E-state index contributed by atoms with van der Waals surface area (Å²) in [7, 11) is 1.61. The molecule has 1 aromatic heterocycles. The van der Waals surface area contributed by atoms with E-state index < -0.39 is 0 Å². The van der Waals surface area contributed by atoms with Crippen LogP contribution in [-0.2, 0) is 0 Å². The van der Waals surface area contributed by atoms with Gasteiger partial charge in [0.2, 0.25) is 0 Å². The van der Waals surface area contributed by atoms with Crippen molar-refractivity contribution in [2.45, 2.75) is 0 Å². The maximum Gasteiger partial charge on any atom is 0.190 e. The van der Waals surface area contributed by atoms with E-state index in [1.807, 2.05) is 66.7 Å². The molecule has 0 saturated heterocycles. The van der Waals surface area contributed by atoms with Crippen molar-refractivity contribution in [1.29, 1.82) is 5.26 Å². The third-order valence-electron chi connectivity index (χ3n) is 3.34. The van der Waals surface area contributed by atoms with Gasteiger partial charge in [0.15, 0.2) is 5.69 Å². The topological polar surface area (TPSA) is 63.7 Å². The normalized spacial score (nSPS) is 10.6. The first kappa shape index (κ1) is 14.5. The summed E-state index contributed by atoms with van der Waals surface area (Å²) in [4.78, 5) is 0. The zero-order valence-corrected chi connectivity index (χ0v) is 12.5. The minimum Gasteiger partial charge on any atom is -0.497 e. The smallest absolute Gasteiger partial charge is 0.190 e. The fraction of sp³-hybridized carbons (Fsp3) is 0.0556. The van der Waals surface area contributed by atoms with Crippen molar-refractivity contribution in [3.05, 3.63) is 71.5 Å². The van der Waals surface area contributed by atoms with Gasteiger partial charge in [0, 0.05) is 6.07 Å². The van der Waals surface area contributed by atoms with Crippen LogP contribution in [0.3, 0.4) is 0 Å². The van der Waals surface area contributed by atoms with Crippen molar-refractivity contribution in [3.8, 4) is 17.5 Å². The van der Waals surface area contributed by atoms with Gasteiger partial charge < -0.3 is 4.74 Å². The number of benzene rings is 2. The van der Waals surface area contributed by atoms with E-state index in [0.717, 1.165) is 17.0 Å². The molecule has 0 saturated carbocycles. The second-order valence-electron chi connectivity index (χ2n) is 4.79. The molecule has 0 N–H and O–H groups in total. The Hall–Kier alpha value is -3.39. The molecule has 0 bridgehead atoms. The molecule has 23 heavy (non-hydrogen) atoms. The van der Waals surface area contributed by atoms with Crippen molar-refractivity contribution >= 4 is 12.2 Å². The lowest BCUT2D eigenvalue weighted by Crippen LogP contribution is -2.00. The van der Waals surface area contributed by atoms with Crippen molar-refractivity contribution in [2.75, 3.05) is 7.11 Å². The molecular weight excluding hydrogens is 288 g/mol. The highest BCUT2D eigenvalue weighted by molar-refractivity contribution is 5.70. The van der Waals surface area contributed by atoms with Crippen molar-refractivity contribution < 1.29 is 4.74 Å². The van der Waals surface area contributed by atoms with Crippen LogP contribution in [0.15, 0.2) is 54.6 Å². The van der Waals surface area contributed by atoms with Crippen molar-refractivity contribution in [1.82, 2.24) is 15.0 Å². The van der Waals surface area contributed by atoms with Crippen LogP contribution in [0.1, 0.15) is 17.0 Å². The van der Waals surface area contributed by atoms with Gasteiger partial charge in [-0.05, 0) is 23.8 Å². The third-order valence-corrected chi connectivity index (χ3v) is 3.34. The Labute approximate surface area is 134 Å². The second kappa shape index (κ2) is 6.58. The number of ether oxygens (including phenoxy) is 1. The van der Waals surface area contributed by atoms with Crippen LogP contribution in [0, 0.1) is 11.3 Å². The Bertz CT molecular complexity index is 876. The summed E-state index contributed by atoms with van der Waals surface area (Å²) in [5.74, 6) is 0.717. The molecule has 0 amide bonds. The van der Waals surface area contributed by atoms with E-state index in [1.54, 1.807) is 11.8 Å². The number of nitriles is 1. The number of nitrogens with zero attached hydrogens (tertiary/aromatic N) is 4. The van der Waals surface area contributed by atoms with Crippen LogP contribution in [0.5, 0.6) is 5.75 Å². The first-order chi connectivity index (χ1) is 11.3. The molecule has 0 spiro atoms. The van der Waals surface area contributed by atoms with Crippen LogP contribution >= 0.6 is 0 Å². The van der Waals surface area contributed by atoms with Gasteiger partial charge in [-0.1, -0.05) is 47.7 Å². The number of hydrogen-bond acceptors (Lipinski definition) is 4. The minimum atomic E-state index is 0.278. The Morgan fingerprint density at radius 2 is 1.91 bits per heavy atom. The van der Waals surface area contributed by atoms with Gasteiger partial charge in [0.05, 0.1) is 12.8 Å². The van der Waals surface area contributed by atoms with Crippen LogP contribution in [0.4, 0.5) is 0 Å². The largest absolute Gasteiger partial charge is 0.497 e. The van der Waals surface area contributed by atoms with Crippen LogP contribution in [0.2, 0.25) is 0 Å². The molecule has 0 atom stereocenters. The van der Waals surface area contributed by atoms with Crippen LogP contribution in [0.25, 0.3) is 17.8 Å². The van der Waals surface area contributed by atoms with E-state index in [4.69, 9.17) is 4.74 Å². The molecule has 5 heteroatoms. The zero-order chi connectivity index (χ0) is 16.1. The summed E-state index contributed by atoms with van der Waals surface area (Å²) in [6, 6.07) is 19.4. The molecular formula is C18H14N4O. The molecule has 2 aromatic carbocycles. The van der Waals surface area contributed by atoms with Crippen LogP contribution in [-0.4, -0.2) is 22.1 Å². The predicted molar refractivity (Wildman–Crippen MR) is 88.0 cm³/mol. The standard InChI is InChI=1S/C18H14N4O/c1-23-16-9-5-8-15(12-16)22-18(17(13-19)20-21-22)11-10-14-6-3-2-4-7-14/h2-12H,1H3/b11-10+. The Morgan fingerprint density at radius 1 is 1.09 bits per heavy atom. The zero-order valence-electron chi connectivity index (χ0n) is 12.5. The highest BCUT2D eigenvalue weighted by Crippen LogP contribution is 2.20. The summed E-state index contributed by atoms with van der Waals surface area (Å²) < 4.78 is 6.86. The molecule has 0 fully saturated rings. The van der Waals surface area contributed by atoms with Crippen molar-refractivity contribution in [3.63, 3.8) is 0 Å². The van der Waals surface area contributed by atoms with E-state index in [2.05, 4.69) is 16.4 Å². The number of methoxy groups -OCH3 is 1. The molecule has 0 unspecified atom stereocenters. The van der Waals surface area contributed by atoms with Gasteiger partial charge in [0.25, 0.3) is 0 Å². The molecule has 5 nitrogen and oxygen atoms in total. The molecule has 3 rings (SSSR count). The Balaban J connectivity index is 2.04. The second-order valence-corrected chi connectivity index (χ2v) is 4.79. The van der Waals surface area contributed by atoms with E-state index in [0.29, 0.717) is 5.69 Å². The number of rotatable bonds is 4. The molecule has 1 heterocycles. The maximum absolute atomic E-state index is 9.25. The van der Waals surface area contributed by atoms with E-state index in [-0.39, 0.29) is 5.69 Å². The summed E-state index contributed by atoms with van der Waals surface area (Å²) in [6.45, 7) is 0. The molecule has 0 aliphatic rings. The summed E-state index contributed by atoms with van der Waals surface area (Å²) in [6.07, 6.45) is 3.77. The van der Waals surface area contributed by atoms with Gasteiger partial charge in [-0.2, -0.15) is 5.26 Å². The summed E-state index contributed by atoms with van der Waals surface area (Å²) in [5, 5.41) is 17.3. The van der Waals surface area contributed by atoms with Gasteiger partial charge in [-0.3, -0.25) is 0 Å². The van der Waals surface area contributed by atoms with E-state index in [9.17, 15) is 5.26 Å². The highest BCUT2D eigenvalue weighted by Gasteiger charge is 2.12. The first-order valence-corrected chi connectivity index (χ1v) is 7.05. The van der Waals surface area contributed by atoms with Gasteiger partial charge in [-0.15, -0.1) is 5.10 Å². The average molecular weight is 302 g/mol. The van der Waals surface area contributed by atoms with Gasteiger partial charge >= 0.3 is 0 Å². The fourth-order valence-electron chi connectivity index (χ4n) is 2.19. The maximum atomic E-state index is 9.25. The lowest BCUT2D eigenvalue weighted by Gasteiger charge is -2.05. The third kappa shape index (κ3) is 3.11. The predicted octanol–water partition coefficient (Wildman–Crippen LogP) is 3.32. The molecule has 0 radical (unpaired) electrons. The highest BCUT2D eigenvalue weighted by atomic mass is 16.5. The molecule has 112 valence electrons. The van der Waals surface area contributed by atoms with Gasteiger partial charge in [-0.25, -0.2) is 4.68 Å². The van der Waals surface area contributed by atoms with Crippen molar-refractivity contribution in [2.24, 2.45) is 0 Å². The summed E-state index contributed by atoms with van der Waals surface area (Å²) >= 11 is 0. The fourth-order valence-corrected chi connectivity index (χ4v) is 2.19. The Morgan fingerprint density at radius 3 is 2.65 bits per heavy atom. The molecule has 3 aromatic rings. The number of aromatic nitrogens is 3. The summed E-state index contributed by atoms with van der Waals surface area (Å²) in [5.41, 5.74) is 2.73. The number of hydrogen-bond donors (Lipinski definition) is 0. The molecule has 0 aliphatic carbocycles. The molecule has 0 aliphatic heterocycles. The Kier molecular flexibility index (Phi) is 4.16. The van der Waals surface area contributed by atoms with Gasteiger partial charge in [0.1, 0.15) is 17.5 Å². The quantitative estimate of drug-likeness (QED) is 0.741. The SMILES string of the molecule is COc1cccc(-n2nnc(C#N)c2/C=C/c2ccccc2)c1. The van der Waals surface area contributed by atoms with E-state index in [1.165, 1.54) is 0 Å². The van der Waals surface area contributed by atoms with E-state index >= 15 is 0 Å². The van der Waals surface area contributed by atoms with Crippen LogP contribution < -0.4 is 4.74 Å². The monoisotopic (exact) mass is 302 g/mol.